The maximum absolute atomic E-state index is 11.4. The van der Waals surface area contributed by atoms with Gasteiger partial charge in [-0.2, -0.15) is 0 Å². The van der Waals surface area contributed by atoms with Gasteiger partial charge < -0.3 is 4.74 Å². The van der Waals surface area contributed by atoms with Gasteiger partial charge in [0.25, 0.3) is 0 Å². The number of rotatable bonds is 8. The van der Waals surface area contributed by atoms with Crippen LogP contribution < -0.4 is 0 Å². The molecule has 3 nitrogen and oxygen atoms in total. The van der Waals surface area contributed by atoms with Crippen LogP contribution in [0.4, 0.5) is 0 Å². The Kier molecular flexibility index (Phi) is 6.81. The van der Waals surface area contributed by atoms with Gasteiger partial charge in [0, 0.05) is 13.1 Å². The van der Waals surface area contributed by atoms with E-state index in [2.05, 4.69) is 18.7 Å². The average Bonchev–Trinajstić information content (AvgIpc) is 2.38. The summed E-state index contributed by atoms with van der Waals surface area (Å²) >= 11 is 0. The highest BCUT2D eigenvalue weighted by molar-refractivity contribution is 5.71. The van der Waals surface area contributed by atoms with E-state index in [0.29, 0.717) is 19.7 Å². The van der Waals surface area contributed by atoms with Gasteiger partial charge in [-0.3, -0.25) is 9.69 Å². The van der Waals surface area contributed by atoms with E-state index in [1.807, 2.05) is 36.1 Å². The molecule has 1 rings (SSSR count). The van der Waals surface area contributed by atoms with Gasteiger partial charge >= 0.3 is 5.97 Å². The van der Waals surface area contributed by atoms with Gasteiger partial charge in [-0.25, -0.2) is 0 Å². The molecule has 0 heterocycles. The topological polar surface area (TPSA) is 29.5 Å². The fraction of sp³-hybridized carbons (Fsp3) is 0.400. The summed E-state index contributed by atoms with van der Waals surface area (Å²) in [6.45, 7) is 7.82. The molecule has 0 fully saturated rings. The fourth-order valence-electron chi connectivity index (χ4n) is 1.74. The molecule has 0 bridgehead atoms. The van der Waals surface area contributed by atoms with Crippen molar-refractivity contribution in [2.75, 3.05) is 26.2 Å². The third-order valence-electron chi connectivity index (χ3n) is 2.60. The SMILES string of the molecule is C=CCN(CCc1ccccc1)CC(=O)OCC. The summed E-state index contributed by atoms with van der Waals surface area (Å²) in [5.74, 6) is -0.174. The van der Waals surface area contributed by atoms with E-state index in [0.717, 1.165) is 13.0 Å². The van der Waals surface area contributed by atoms with E-state index in [1.54, 1.807) is 0 Å². The van der Waals surface area contributed by atoms with E-state index in [1.165, 1.54) is 5.56 Å². The molecule has 1 aromatic rings. The van der Waals surface area contributed by atoms with Crippen molar-refractivity contribution in [3.05, 3.63) is 48.6 Å². The van der Waals surface area contributed by atoms with Crippen LogP contribution in [-0.4, -0.2) is 37.1 Å². The van der Waals surface area contributed by atoms with Gasteiger partial charge in [0.05, 0.1) is 13.2 Å². The highest BCUT2D eigenvalue weighted by Gasteiger charge is 2.09. The molecular formula is C15H21NO2. The van der Waals surface area contributed by atoms with Crippen molar-refractivity contribution in [3.8, 4) is 0 Å². The van der Waals surface area contributed by atoms with Gasteiger partial charge in [0.2, 0.25) is 0 Å². The van der Waals surface area contributed by atoms with E-state index >= 15 is 0 Å². The zero-order valence-corrected chi connectivity index (χ0v) is 11.0. The molecule has 0 amide bonds. The van der Waals surface area contributed by atoms with Gasteiger partial charge in [-0.1, -0.05) is 36.4 Å². The molecule has 0 spiro atoms. The number of hydrogen-bond donors (Lipinski definition) is 0. The first-order valence-electron chi connectivity index (χ1n) is 6.29. The maximum Gasteiger partial charge on any atom is 0.320 e. The maximum atomic E-state index is 11.4. The Morgan fingerprint density at radius 1 is 1.39 bits per heavy atom. The zero-order chi connectivity index (χ0) is 13.2. The molecule has 0 radical (unpaired) electrons. The Morgan fingerprint density at radius 2 is 2.11 bits per heavy atom. The second kappa shape index (κ2) is 8.48. The summed E-state index contributed by atoms with van der Waals surface area (Å²) in [4.78, 5) is 13.5. The number of hydrogen-bond acceptors (Lipinski definition) is 3. The van der Waals surface area contributed by atoms with Crippen LogP contribution in [0.3, 0.4) is 0 Å². The third-order valence-corrected chi connectivity index (χ3v) is 2.60. The molecule has 98 valence electrons. The molecule has 0 saturated heterocycles. The summed E-state index contributed by atoms with van der Waals surface area (Å²) in [5, 5.41) is 0. The number of ether oxygens (including phenoxy) is 1. The monoisotopic (exact) mass is 247 g/mol. The van der Waals surface area contributed by atoms with Crippen LogP contribution in [-0.2, 0) is 16.0 Å². The highest BCUT2D eigenvalue weighted by atomic mass is 16.5. The molecule has 0 aromatic heterocycles. The Bertz CT molecular complexity index is 362. The van der Waals surface area contributed by atoms with Crippen LogP contribution in [0, 0.1) is 0 Å². The third kappa shape index (κ3) is 5.64. The first-order chi connectivity index (χ1) is 8.76. The standard InChI is InChI=1S/C15H21NO2/c1-3-11-16(13-15(17)18-4-2)12-10-14-8-6-5-7-9-14/h3,5-9H,1,4,10-13H2,2H3. The van der Waals surface area contributed by atoms with E-state index in [9.17, 15) is 4.79 Å². The van der Waals surface area contributed by atoms with Gasteiger partial charge in [0.15, 0.2) is 0 Å². The second-order valence-electron chi connectivity index (χ2n) is 4.06. The van der Waals surface area contributed by atoms with Gasteiger partial charge in [-0.15, -0.1) is 6.58 Å². The Morgan fingerprint density at radius 3 is 2.72 bits per heavy atom. The zero-order valence-electron chi connectivity index (χ0n) is 11.0. The smallest absolute Gasteiger partial charge is 0.320 e. The predicted octanol–water partition coefficient (Wildman–Crippen LogP) is 2.28. The van der Waals surface area contributed by atoms with Crippen LogP contribution in [0.25, 0.3) is 0 Å². The lowest BCUT2D eigenvalue weighted by Crippen LogP contribution is -2.33. The number of nitrogens with zero attached hydrogens (tertiary/aromatic N) is 1. The van der Waals surface area contributed by atoms with Crippen LogP contribution >= 0.6 is 0 Å². The summed E-state index contributed by atoms with van der Waals surface area (Å²) in [7, 11) is 0. The normalized spacial score (nSPS) is 10.3. The Balaban J connectivity index is 2.42. The van der Waals surface area contributed by atoms with Crippen molar-refractivity contribution in [2.24, 2.45) is 0 Å². The lowest BCUT2D eigenvalue weighted by molar-refractivity contribution is -0.144. The van der Waals surface area contributed by atoms with Crippen molar-refractivity contribution in [1.29, 1.82) is 0 Å². The first-order valence-corrected chi connectivity index (χ1v) is 6.29. The molecule has 1 aromatic carbocycles. The van der Waals surface area contributed by atoms with Crippen molar-refractivity contribution < 1.29 is 9.53 Å². The minimum Gasteiger partial charge on any atom is -0.465 e. The molecule has 0 N–H and O–H groups in total. The van der Waals surface area contributed by atoms with E-state index < -0.39 is 0 Å². The van der Waals surface area contributed by atoms with Crippen molar-refractivity contribution in [1.82, 2.24) is 4.90 Å². The van der Waals surface area contributed by atoms with Crippen molar-refractivity contribution >= 4 is 5.97 Å². The van der Waals surface area contributed by atoms with Crippen LogP contribution in [0.5, 0.6) is 0 Å². The quantitative estimate of drug-likeness (QED) is 0.521. The number of benzene rings is 1. The molecule has 0 saturated carbocycles. The number of esters is 1. The lowest BCUT2D eigenvalue weighted by Gasteiger charge is -2.19. The fourth-order valence-corrected chi connectivity index (χ4v) is 1.74. The number of carbonyl (C=O) groups is 1. The van der Waals surface area contributed by atoms with Crippen molar-refractivity contribution in [3.63, 3.8) is 0 Å². The van der Waals surface area contributed by atoms with Gasteiger partial charge in [-0.05, 0) is 18.9 Å². The molecule has 0 unspecified atom stereocenters. The molecule has 0 aliphatic rings. The van der Waals surface area contributed by atoms with Gasteiger partial charge in [0.1, 0.15) is 0 Å². The van der Waals surface area contributed by atoms with Crippen molar-refractivity contribution in [2.45, 2.75) is 13.3 Å². The molecule has 0 aliphatic heterocycles. The number of carbonyl (C=O) groups excluding carboxylic acids is 1. The average molecular weight is 247 g/mol. The Labute approximate surface area is 109 Å². The molecule has 0 aliphatic carbocycles. The Hall–Kier alpha value is -1.61. The largest absolute Gasteiger partial charge is 0.465 e. The minimum absolute atomic E-state index is 0.174. The molecule has 3 heteroatoms. The van der Waals surface area contributed by atoms with Crippen LogP contribution in [0.1, 0.15) is 12.5 Å². The summed E-state index contributed by atoms with van der Waals surface area (Å²) < 4.78 is 4.96. The van der Waals surface area contributed by atoms with Crippen LogP contribution in [0.2, 0.25) is 0 Å². The molecule has 0 atom stereocenters. The summed E-state index contributed by atoms with van der Waals surface area (Å²) in [5.41, 5.74) is 1.27. The first kappa shape index (κ1) is 14.5. The predicted molar refractivity (Wildman–Crippen MR) is 73.4 cm³/mol. The summed E-state index contributed by atoms with van der Waals surface area (Å²) in [6.07, 6.45) is 2.73. The van der Waals surface area contributed by atoms with E-state index in [4.69, 9.17) is 4.74 Å². The lowest BCUT2D eigenvalue weighted by atomic mass is 10.1. The van der Waals surface area contributed by atoms with Crippen LogP contribution in [0.15, 0.2) is 43.0 Å². The molecular weight excluding hydrogens is 226 g/mol. The molecule has 18 heavy (non-hydrogen) atoms. The van der Waals surface area contributed by atoms with E-state index in [-0.39, 0.29) is 5.97 Å². The second-order valence-corrected chi connectivity index (χ2v) is 4.06. The highest BCUT2D eigenvalue weighted by Crippen LogP contribution is 2.02. The summed E-state index contributed by atoms with van der Waals surface area (Å²) in [6, 6.07) is 10.2. The minimum atomic E-state index is -0.174.